The number of fused-ring (bicyclic) bond motifs is 1. The molecule has 1 aromatic heterocycles. The van der Waals surface area contributed by atoms with Gasteiger partial charge in [-0.15, -0.1) is 0 Å². The molecule has 0 aliphatic heterocycles. The van der Waals surface area contributed by atoms with Gasteiger partial charge < -0.3 is 9.67 Å². The molecule has 3 heteroatoms. The van der Waals surface area contributed by atoms with Gasteiger partial charge in [-0.3, -0.25) is 4.79 Å². The topological polar surface area (TPSA) is 42.2 Å². The maximum atomic E-state index is 12.2. The number of carbonyl (C=O) groups excluding carboxylic acids is 1. The van der Waals surface area contributed by atoms with Crippen LogP contribution in [0.2, 0.25) is 0 Å². The van der Waals surface area contributed by atoms with Crippen molar-refractivity contribution in [1.82, 2.24) is 4.57 Å². The Hall–Kier alpha value is -1.61. The van der Waals surface area contributed by atoms with Gasteiger partial charge in [-0.05, 0) is 6.07 Å². The molecule has 3 nitrogen and oxygen atoms in total. The molecule has 0 saturated carbocycles. The number of benzene rings is 1. The monoisotopic (exact) mass is 245 g/mol. The summed E-state index contributed by atoms with van der Waals surface area (Å²) >= 11 is 0. The van der Waals surface area contributed by atoms with E-state index in [-0.39, 0.29) is 5.78 Å². The zero-order valence-electron chi connectivity index (χ0n) is 11.3. The minimum Gasteiger partial charge on any atom is -0.380 e. The van der Waals surface area contributed by atoms with E-state index in [0.29, 0.717) is 5.56 Å². The molecule has 1 unspecified atom stereocenters. The molecule has 0 spiro atoms. The summed E-state index contributed by atoms with van der Waals surface area (Å²) in [5, 5.41) is 11.2. The standard InChI is InChI=1S/C15H19NO2/c1-15(2,3)14(18)13(17)11-9-16(4)12-8-6-5-7-10(11)12/h5-9,13,17H,1-4H3. The number of Topliss-reactive ketones (excluding diaryl/α,β-unsaturated/α-hetero) is 1. The van der Waals surface area contributed by atoms with Gasteiger partial charge in [0.05, 0.1) is 0 Å². The molecule has 18 heavy (non-hydrogen) atoms. The highest BCUT2D eigenvalue weighted by Gasteiger charge is 2.30. The Kier molecular flexibility index (Phi) is 3.03. The summed E-state index contributed by atoms with van der Waals surface area (Å²) in [4.78, 5) is 12.2. The van der Waals surface area contributed by atoms with E-state index in [1.54, 1.807) is 0 Å². The van der Waals surface area contributed by atoms with Crippen molar-refractivity contribution in [3.63, 3.8) is 0 Å². The van der Waals surface area contributed by atoms with Crippen LogP contribution in [0.4, 0.5) is 0 Å². The van der Waals surface area contributed by atoms with Crippen LogP contribution in [0.3, 0.4) is 0 Å². The Morgan fingerprint density at radius 2 is 1.89 bits per heavy atom. The lowest BCUT2D eigenvalue weighted by Gasteiger charge is -2.20. The molecule has 1 aromatic carbocycles. The molecule has 0 aliphatic rings. The molecule has 1 atom stereocenters. The Bertz CT molecular complexity index is 590. The van der Waals surface area contributed by atoms with Crippen LogP contribution in [-0.2, 0) is 11.8 Å². The predicted octanol–water partition coefficient (Wildman–Crippen LogP) is 2.83. The summed E-state index contributed by atoms with van der Waals surface area (Å²) in [6.07, 6.45) is 0.773. The van der Waals surface area contributed by atoms with Crippen LogP contribution in [0.1, 0.15) is 32.4 Å². The van der Waals surface area contributed by atoms with Crippen molar-refractivity contribution in [1.29, 1.82) is 0 Å². The summed E-state index contributed by atoms with van der Waals surface area (Å²) < 4.78 is 1.93. The minimum absolute atomic E-state index is 0.154. The van der Waals surface area contributed by atoms with Crippen molar-refractivity contribution in [2.75, 3.05) is 0 Å². The van der Waals surface area contributed by atoms with E-state index in [1.807, 2.05) is 62.8 Å². The van der Waals surface area contributed by atoms with Crippen LogP contribution in [0.5, 0.6) is 0 Å². The number of aryl methyl sites for hydroxylation is 1. The van der Waals surface area contributed by atoms with Gasteiger partial charge in [0.2, 0.25) is 0 Å². The zero-order chi connectivity index (χ0) is 13.5. The van der Waals surface area contributed by atoms with Crippen LogP contribution in [0.15, 0.2) is 30.5 Å². The van der Waals surface area contributed by atoms with Crippen LogP contribution < -0.4 is 0 Å². The van der Waals surface area contributed by atoms with Crippen LogP contribution in [0.25, 0.3) is 10.9 Å². The lowest BCUT2D eigenvalue weighted by molar-refractivity contribution is -0.135. The Labute approximate surface area is 107 Å². The first kappa shape index (κ1) is 12.8. The fourth-order valence-electron chi connectivity index (χ4n) is 2.14. The molecule has 0 saturated heterocycles. The van der Waals surface area contributed by atoms with E-state index >= 15 is 0 Å². The number of hydrogen-bond donors (Lipinski definition) is 1. The second kappa shape index (κ2) is 4.25. The molecule has 2 aromatic rings. The summed E-state index contributed by atoms with van der Waals surface area (Å²) in [5.74, 6) is -0.154. The first-order valence-electron chi connectivity index (χ1n) is 6.08. The second-order valence-corrected chi connectivity index (χ2v) is 5.73. The summed E-state index contributed by atoms with van der Waals surface area (Å²) in [5.41, 5.74) is 1.16. The molecular formula is C15H19NO2. The van der Waals surface area contributed by atoms with E-state index in [1.165, 1.54) is 0 Å². The molecule has 0 bridgehead atoms. The number of aromatic nitrogens is 1. The Balaban J connectivity index is 2.52. The number of nitrogens with zero attached hydrogens (tertiary/aromatic N) is 1. The molecule has 1 heterocycles. The highest BCUT2D eigenvalue weighted by atomic mass is 16.3. The van der Waals surface area contributed by atoms with Crippen molar-refractivity contribution < 1.29 is 9.90 Å². The first-order chi connectivity index (χ1) is 8.32. The van der Waals surface area contributed by atoms with Crippen LogP contribution in [0, 0.1) is 5.41 Å². The predicted molar refractivity (Wildman–Crippen MR) is 72.3 cm³/mol. The Morgan fingerprint density at radius 3 is 2.50 bits per heavy atom. The van der Waals surface area contributed by atoms with E-state index < -0.39 is 11.5 Å². The number of ketones is 1. The SMILES string of the molecule is Cn1cc(C(O)C(=O)C(C)(C)C)c2ccccc21. The van der Waals surface area contributed by atoms with Crippen LogP contribution in [-0.4, -0.2) is 15.5 Å². The number of para-hydroxylation sites is 1. The molecule has 96 valence electrons. The van der Waals surface area contributed by atoms with Crippen molar-refractivity contribution >= 4 is 16.7 Å². The maximum Gasteiger partial charge on any atom is 0.171 e. The molecule has 0 fully saturated rings. The third kappa shape index (κ3) is 2.06. The molecule has 2 rings (SSSR count). The lowest BCUT2D eigenvalue weighted by Crippen LogP contribution is -2.26. The largest absolute Gasteiger partial charge is 0.380 e. The highest BCUT2D eigenvalue weighted by Crippen LogP contribution is 2.31. The third-order valence-corrected chi connectivity index (χ3v) is 3.21. The summed E-state index contributed by atoms with van der Waals surface area (Å²) in [6, 6.07) is 7.78. The highest BCUT2D eigenvalue weighted by molar-refractivity contribution is 5.94. The number of aliphatic hydroxyl groups is 1. The van der Waals surface area contributed by atoms with Gasteiger partial charge >= 0.3 is 0 Å². The van der Waals surface area contributed by atoms with Gasteiger partial charge in [-0.25, -0.2) is 0 Å². The normalized spacial score (nSPS) is 13.8. The first-order valence-corrected chi connectivity index (χ1v) is 6.08. The van der Waals surface area contributed by atoms with Gasteiger partial charge in [-0.2, -0.15) is 0 Å². The van der Waals surface area contributed by atoms with Crippen molar-refractivity contribution in [3.05, 3.63) is 36.0 Å². The zero-order valence-corrected chi connectivity index (χ0v) is 11.3. The molecule has 0 amide bonds. The molecule has 0 aliphatic carbocycles. The van der Waals surface area contributed by atoms with E-state index in [0.717, 1.165) is 10.9 Å². The van der Waals surface area contributed by atoms with Gasteiger partial charge in [0.25, 0.3) is 0 Å². The van der Waals surface area contributed by atoms with E-state index in [4.69, 9.17) is 0 Å². The summed E-state index contributed by atoms with van der Waals surface area (Å²) in [6.45, 7) is 5.47. The smallest absolute Gasteiger partial charge is 0.171 e. The fourth-order valence-corrected chi connectivity index (χ4v) is 2.14. The van der Waals surface area contributed by atoms with Gasteiger partial charge in [0.15, 0.2) is 5.78 Å². The van der Waals surface area contributed by atoms with Gasteiger partial charge in [0, 0.05) is 35.1 Å². The maximum absolute atomic E-state index is 12.2. The van der Waals surface area contributed by atoms with E-state index in [2.05, 4.69) is 0 Å². The van der Waals surface area contributed by atoms with Crippen molar-refractivity contribution in [3.8, 4) is 0 Å². The van der Waals surface area contributed by atoms with E-state index in [9.17, 15) is 9.90 Å². The lowest BCUT2D eigenvalue weighted by atomic mass is 9.85. The van der Waals surface area contributed by atoms with Crippen LogP contribution >= 0.6 is 0 Å². The quantitative estimate of drug-likeness (QED) is 0.884. The number of carbonyl (C=O) groups is 1. The Morgan fingerprint density at radius 1 is 1.28 bits per heavy atom. The molecule has 0 radical (unpaired) electrons. The number of rotatable bonds is 2. The minimum atomic E-state index is -1.06. The molecule has 1 N–H and O–H groups in total. The average Bonchev–Trinajstić information content (AvgIpc) is 2.65. The number of aliphatic hydroxyl groups excluding tert-OH is 1. The average molecular weight is 245 g/mol. The molecular weight excluding hydrogens is 226 g/mol. The van der Waals surface area contributed by atoms with Crippen molar-refractivity contribution in [2.24, 2.45) is 12.5 Å². The van der Waals surface area contributed by atoms with Gasteiger partial charge in [-0.1, -0.05) is 39.0 Å². The van der Waals surface area contributed by atoms with Gasteiger partial charge in [0.1, 0.15) is 6.10 Å². The third-order valence-electron chi connectivity index (χ3n) is 3.21. The summed E-state index contributed by atoms with van der Waals surface area (Å²) in [7, 11) is 1.92. The fraction of sp³-hybridized carbons (Fsp3) is 0.400. The van der Waals surface area contributed by atoms with Crippen molar-refractivity contribution in [2.45, 2.75) is 26.9 Å². The second-order valence-electron chi connectivity index (χ2n) is 5.73. The number of hydrogen-bond acceptors (Lipinski definition) is 2.